The summed E-state index contributed by atoms with van der Waals surface area (Å²) in [6, 6.07) is 0. The summed E-state index contributed by atoms with van der Waals surface area (Å²) in [5.41, 5.74) is 0. The summed E-state index contributed by atoms with van der Waals surface area (Å²) in [5.74, 6) is -1.66. The zero-order valence-electron chi connectivity index (χ0n) is 63.3. The number of unbranched alkanes of at least 4 members (excludes halogenated alkanes) is 29. The van der Waals surface area contributed by atoms with Crippen molar-refractivity contribution in [2.75, 3.05) is 39.6 Å². The van der Waals surface area contributed by atoms with Crippen LogP contribution in [0.4, 0.5) is 0 Å². The van der Waals surface area contributed by atoms with Crippen LogP contribution in [-0.4, -0.2) is 95.9 Å². The fourth-order valence-electron chi connectivity index (χ4n) is 10.3. The van der Waals surface area contributed by atoms with Crippen molar-refractivity contribution in [3.63, 3.8) is 0 Å². The van der Waals surface area contributed by atoms with Crippen LogP contribution >= 0.6 is 15.6 Å². The molecule has 101 heavy (non-hydrogen) atoms. The molecular formula is C83H142O16P2. The van der Waals surface area contributed by atoms with Crippen LogP contribution in [0, 0.1) is 0 Å². The third kappa shape index (κ3) is 76.6. The number of phosphoric ester groups is 2. The number of hydrogen-bond donors (Lipinski definition) is 4. The van der Waals surface area contributed by atoms with Crippen LogP contribution in [0.5, 0.6) is 0 Å². The van der Waals surface area contributed by atoms with E-state index in [2.05, 4.69) is 142 Å². The number of phosphoric acid groups is 2. The Balaban J connectivity index is 4.45. The molecule has 5 atom stereocenters. The van der Waals surface area contributed by atoms with E-state index in [9.17, 15) is 43.5 Å². The number of ether oxygens (including phenoxy) is 3. The van der Waals surface area contributed by atoms with Crippen LogP contribution in [-0.2, 0) is 55.8 Å². The van der Waals surface area contributed by atoms with E-state index in [1.807, 2.05) is 12.2 Å². The van der Waals surface area contributed by atoms with Crippen LogP contribution in [0.2, 0.25) is 0 Å². The third-order valence-corrected chi connectivity index (χ3v) is 18.2. The number of aliphatic hydroxyl groups is 2. The first kappa shape index (κ1) is 96.7. The summed E-state index contributed by atoms with van der Waals surface area (Å²) < 4.78 is 61.0. The molecule has 0 aromatic heterocycles. The fraction of sp³-hybridized carbons (Fsp3) is 0.699. The van der Waals surface area contributed by atoms with Gasteiger partial charge < -0.3 is 34.2 Å². The van der Waals surface area contributed by atoms with Gasteiger partial charge >= 0.3 is 33.6 Å². The van der Waals surface area contributed by atoms with E-state index in [0.29, 0.717) is 25.7 Å². The molecule has 0 saturated heterocycles. The lowest BCUT2D eigenvalue weighted by Crippen LogP contribution is -2.30. The average molecular weight is 1460 g/mol. The van der Waals surface area contributed by atoms with E-state index >= 15 is 0 Å². The van der Waals surface area contributed by atoms with E-state index in [4.69, 9.17) is 32.3 Å². The smallest absolute Gasteiger partial charge is 0.463 e. The molecule has 0 radical (unpaired) electrons. The first-order valence-electron chi connectivity index (χ1n) is 39.5. The standard InChI is InChI=1S/C83H142O16P2/c1-4-7-10-13-16-19-22-25-28-30-31-32-33-34-35-36-37-38-39-40-41-42-43-44-45-47-50-51-54-57-60-63-66-69-81(86)93-72-78(84)73-95-100(89,90)96-74-79(85)75-97-101(91,92)98-77-80(99-83(88)71-68-65-62-59-56-53-48-27-24-21-18-15-12-9-6-3)76-94-82(87)70-67-64-61-58-55-52-49-46-29-26-23-20-17-14-11-8-5-2/h8,11,16-21,25-29,31-32,34-35,48-49,52,58,61,78-80,84-85H,4-7,9-10,12-15,22-24,30,33,36-47,50-51,53-57,59-60,62-77H2,1-3H3,(H,89,90)(H,91,92)/b11-8-,19-16-,20-17-,21-18-,28-25-,29-26-,32-31-,35-34-,48-27-,52-49-,61-58-. The highest BCUT2D eigenvalue weighted by Gasteiger charge is 2.29. The highest BCUT2D eigenvalue weighted by atomic mass is 31.2. The molecule has 0 bridgehead atoms. The maximum atomic E-state index is 12.9. The number of rotatable bonds is 74. The van der Waals surface area contributed by atoms with Gasteiger partial charge in [0.15, 0.2) is 6.10 Å². The van der Waals surface area contributed by atoms with E-state index in [1.165, 1.54) is 135 Å². The summed E-state index contributed by atoms with van der Waals surface area (Å²) in [6.07, 6.45) is 91.0. The van der Waals surface area contributed by atoms with Crippen LogP contribution in [0.15, 0.2) is 134 Å². The minimum absolute atomic E-state index is 0.0736. The monoisotopic (exact) mass is 1460 g/mol. The maximum Gasteiger partial charge on any atom is 0.472 e. The lowest BCUT2D eigenvalue weighted by molar-refractivity contribution is -0.161. The molecule has 0 aliphatic rings. The second kappa shape index (κ2) is 75.4. The topological polar surface area (TPSA) is 231 Å². The lowest BCUT2D eigenvalue weighted by atomic mass is 10.0. The quantitative estimate of drug-likeness (QED) is 0.0146. The highest BCUT2D eigenvalue weighted by Crippen LogP contribution is 2.45. The molecule has 0 saturated carbocycles. The molecule has 0 rings (SSSR count). The van der Waals surface area contributed by atoms with Crippen molar-refractivity contribution in [2.24, 2.45) is 0 Å². The predicted molar refractivity (Wildman–Crippen MR) is 417 cm³/mol. The number of allylic oxidation sites excluding steroid dienone is 22. The third-order valence-electron chi connectivity index (χ3n) is 16.3. The Labute approximate surface area is 614 Å². The van der Waals surface area contributed by atoms with Crippen LogP contribution in [0.25, 0.3) is 0 Å². The predicted octanol–water partition coefficient (Wildman–Crippen LogP) is 23.1. The molecule has 0 aliphatic carbocycles. The maximum absolute atomic E-state index is 12.9. The van der Waals surface area contributed by atoms with Crippen molar-refractivity contribution in [3.05, 3.63) is 134 Å². The number of carbonyl (C=O) groups excluding carboxylic acids is 3. The van der Waals surface area contributed by atoms with Gasteiger partial charge in [0.25, 0.3) is 0 Å². The molecule has 0 heterocycles. The molecule has 5 unspecified atom stereocenters. The second-order valence-electron chi connectivity index (χ2n) is 26.1. The van der Waals surface area contributed by atoms with Crippen LogP contribution in [0.1, 0.15) is 316 Å². The first-order chi connectivity index (χ1) is 49.2. The molecule has 16 nitrogen and oxygen atoms in total. The molecule has 0 spiro atoms. The molecule has 18 heteroatoms. The lowest BCUT2D eigenvalue weighted by Gasteiger charge is -2.21. The summed E-state index contributed by atoms with van der Waals surface area (Å²) in [6.45, 7) is 2.43. The first-order valence-corrected chi connectivity index (χ1v) is 42.5. The zero-order chi connectivity index (χ0) is 73.7. The average Bonchev–Trinajstić information content (AvgIpc) is 0.944. The fourth-order valence-corrected chi connectivity index (χ4v) is 11.9. The van der Waals surface area contributed by atoms with Crippen molar-refractivity contribution >= 4 is 33.6 Å². The van der Waals surface area contributed by atoms with Gasteiger partial charge in [-0.25, -0.2) is 9.13 Å². The molecule has 0 aliphatic heterocycles. The zero-order valence-corrected chi connectivity index (χ0v) is 65.1. The highest BCUT2D eigenvalue weighted by molar-refractivity contribution is 7.47. The minimum atomic E-state index is -4.95. The summed E-state index contributed by atoms with van der Waals surface area (Å²) in [7, 11) is -9.81. The van der Waals surface area contributed by atoms with Crippen molar-refractivity contribution in [1.82, 2.24) is 0 Å². The van der Waals surface area contributed by atoms with E-state index in [1.54, 1.807) is 0 Å². The Hall–Kier alpha value is -4.31. The SMILES string of the molecule is CC/C=C\C/C=C\C/C=C\C/C=C\C/C=C\CCCC(=O)OCC(COP(=O)(O)OCC(O)COP(=O)(O)OCC(O)COC(=O)CCCCCCCCCCCCCCCCCCC/C=C\C/C=C\C/C=C\C/C=C\CCCCC)OC(=O)CCCCCCC/C=C\C/C=C\CCCCC. The Bertz CT molecular complexity index is 2370. The number of carbonyl (C=O) groups is 3. The molecule has 0 aromatic rings. The summed E-state index contributed by atoms with van der Waals surface area (Å²) >= 11 is 0. The Morgan fingerprint density at radius 1 is 0.287 bits per heavy atom. The number of hydrogen-bond acceptors (Lipinski definition) is 14. The summed E-state index contributed by atoms with van der Waals surface area (Å²) in [4.78, 5) is 58.5. The largest absolute Gasteiger partial charge is 0.472 e. The van der Waals surface area contributed by atoms with Crippen LogP contribution in [0.3, 0.4) is 0 Å². The minimum Gasteiger partial charge on any atom is -0.463 e. The van der Waals surface area contributed by atoms with Crippen molar-refractivity contribution in [3.8, 4) is 0 Å². The van der Waals surface area contributed by atoms with E-state index in [-0.39, 0.29) is 19.3 Å². The van der Waals surface area contributed by atoms with E-state index in [0.717, 1.165) is 116 Å². The molecule has 580 valence electrons. The number of esters is 3. The molecule has 4 N–H and O–H groups in total. The van der Waals surface area contributed by atoms with Crippen molar-refractivity contribution in [1.29, 1.82) is 0 Å². The van der Waals surface area contributed by atoms with Gasteiger partial charge in [-0.15, -0.1) is 0 Å². The van der Waals surface area contributed by atoms with Crippen LogP contribution < -0.4 is 0 Å². The molecule has 0 fully saturated rings. The van der Waals surface area contributed by atoms with E-state index < -0.39 is 91.5 Å². The van der Waals surface area contributed by atoms with Crippen molar-refractivity contribution in [2.45, 2.75) is 334 Å². The molecule has 0 aromatic carbocycles. The second-order valence-corrected chi connectivity index (χ2v) is 29.0. The van der Waals surface area contributed by atoms with Gasteiger partial charge in [-0.1, -0.05) is 296 Å². The van der Waals surface area contributed by atoms with Gasteiger partial charge in [0.05, 0.1) is 26.4 Å². The van der Waals surface area contributed by atoms with Gasteiger partial charge in [0, 0.05) is 19.3 Å². The van der Waals surface area contributed by atoms with Gasteiger partial charge in [-0.2, -0.15) is 0 Å². The normalized spacial score (nSPS) is 14.7. The van der Waals surface area contributed by atoms with Crippen molar-refractivity contribution < 1.29 is 75.8 Å². The summed E-state index contributed by atoms with van der Waals surface area (Å²) in [5, 5.41) is 20.6. The molecular weight excluding hydrogens is 1310 g/mol. The Kier molecular flexibility index (Phi) is 72.2. The van der Waals surface area contributed by atoms with Gasteiger partial charge in [0.1, 0.15) is 25.4 Å². The van der Waals surface area contributed by atoms with Gasteiger partial charge in [-0.05, 0) is 135 Å². The Morgan fingerprint density at radius 2 is 0.535 bits per heavy atom. The molecule has 0 amide bonds. The Morgan fingerprint density at radius 3 is 0.871 bits per heavy atom. The number of aliphatic hydroxyl groups excluding tert-OH is 2. The van der Waals surface area contributed by atoms with Gasteiger partial charge in [0.2, 0.25) is 0 Å². The van der Waals surface area contributed by atoms with Gasteiger partial charge in [-0.3, -0.25) is 32.5 Å².